The first-order chi connectivity index (χ1) is 10.7. The summed E-state index contributed by atoms with van der Waals surface area (Å²) in [5.41, 5.74) is 0.0587. The fourth-order valence-corrected chi connectivity index (χ4v) is 2.87. The number of hydrogen-bond acceptors (Lipinski definition) is 5. The third-order valence-corrected chi connectivity index (χ3v) is 4.05. The molecule has 0 unspecified atom stereocenters. The van der Waals surface area contributed by atoms with Gasteiger partial charge in [-0.15, -0.1) is 0 Å². The normalized spacial score (nSPS) is 17.1. The van der Waals surface area contributed by atoms with E-state index in [0.717, 1.165) is 30.4 Å². The predicted octanol–water partition coefficient (Wildman–Crippen LogP) is 1.55. The quantitative estimate of drug-likeness (QED) is 0.804. The Morgan fingerprint density at radius 2 is 1.91 bits per heavy atom. The SMILES string of the molecule is O=C(Cn1ncn2nccc2c1=O)OC1CCCCCCC1. The van der Waals surface area contributed by atoms with Crippen LogP contribution in [0, 0.1) is 0 Å². The van der Waals surface area contributed by atoms with E-state index in [2.05, 4.69) is 10.2 Å². The Labute approximate surface area is 127 Å². The number of nitrogens with zero attached hydrogens (tertiary/aromatic N) is 4. The molecule has 7 nitrogen and oxygen atoms in total. The van der Waals surface area contributed by atoms with Crippen LogP contribution < -0.4 is 5.56 Å². The summed E-state index contributed by atoms with van der Waals surface area (Å²) in [6.07, 6.45) is 10.6. The highest BCUT2D eigenvalue weighted by Crippen LogP contribution is 2.19. The van der Waals surface area contributed by atoms with E-state index in [1.165, 1.54) is 36.3 Å². The molecular weight excluding hydrogens is 284 g/mol. The highest BCUT2D eigenvalue weighted by molar-refractivity contribution is 5.69. The minimum Gasteiger partial charge on any atom is -0.461 e. The average molecular weight is 304 g/mol. The van der Waals surface area contributed by atoms with E-state index < -0.39 is 5.97 Å². The number of rotatable bonds is 3. The standard InChI is InChI=1S/C15H20N4O3/c20-14(22-12-6-4-2-1-3-5-7-12)10-18-15(21)13-8-9-16-19(13)11-17-18/h8-9,11-12H,1-7,10H2. The molecule has 0 atom stereocenters. The van der Waals surface area contributed by atoms with Gasteiger partial charge in [-0.05, 0) is 31.7 Å². The second kappa shape index (κ2) is 6.72. The molecule has 2 aromatic rings. The van der Waals surface area contributed by atoms with Crippen LogP contribution in [-0.4, -0.2) is 31.5 Å². The van der Waals surface area contributed by atoms with Gasteiger partial charge in [0.25, 0.3) is 5.56 Å². The molecule has 1 saturated carbocycles. The second-order valence-electron chi connectivity index (χ2n) is 5.71. The molecule has 22 heavy (non-hydrogen) atoms. The molecule has 1 aliphatic rings. The first kappa shape index (κ1) is 14.7. The summed E-state index contributed by atoms with van der Waals surface area (Å²) in [5.74, 6) is -0.399. The van der Waals surface area contributed by atoms with Gasteiger partial charge in [0.1, 0.15) is 24.5 Å². The first-order valence-electron chi connectivity index (χ1n) is 7.83. The number of ether oxygens (including phenoxy) is 1. The minimum absolute atomic E-state index is 0.0257. The van der Waals surface area contributed by atoms with Crippen molar-refractivity contribution in [2.75, 3.05) is 0 Å². The first-order valence-corrected chi connectivity index (χ1v) is 7.83. The molecule has 1 fully saturated rings. The smallest absolute Gasteiger partial charge is 0.328 e. The third-order valence-electron chi connectivity index (χ3n) is 4.05. The molecule has 0 amide bonds. The summed E-state index contributed by atoms with van der Waals surface area (Å²) >= 11 is 0. The molecule has 3 rings (SSSR count). The molecule has 0 aromatic carbocycles. The van der Waals surface area contributed by atoms with Gasteiger partial charge in [-0.3, -0.25) is 9.59 Å². The Morgan fingerprint density at radius 1 is 1.18 bits per heavy atom. The van der Waals surface area contributed by atoms with Gasteiger partial charge in [0.05, 0.1) is 6.20 Å². The lowest BCUT2D eigenvalue weighted by Gasteiger charge is -2.20. The van der Waals surface area contributed by atoms with Crippen molar-refractivity contribution in [1.29, 1.82) is 0 Å². The maximum Gasteiger partial charge on any atom is 0.328 e. The summed E-state index contributed by atoms with van der Waals surface area (Å²) in [6, 6.07) is 1.60. The van der Waals surface area contributed by atoms with Crippen molar-refractivity contribution in [3.8, 4) is 0 Å². The molecule has 7 heteroatoms. The highest BCUT2D eigenvalue weighted by atomic mass is 16.5. The number of carbonyl (C=O) groups excluding carboxylic acids is 1. The van der Waals surface area contributed by atoms with Crippen LogP contribution in [0.1, 0.15) is 44.9 Å². The number of carbonyl (C=O) groups is 1. The Hall–Kier alpha value is -2.18. The van der Waals surface area contributed by atoms with Crippen LogP contribution in [0.2, 0.25) is 0 Å². The molecule has 2 heterocycles. The molecular formula is C15H20N4O3. The van der Waals surface area contributed by atoms with Crippen molar-refractivity contribution in [3.05, 3.63) is 28.9 Å². The third kappa shape index (κ3) is 3.35. The van der Waals surface area contributed by atoms with E-state index in [-0.39, 0.29) is 18.2 Å². The largest absolute Gasteiger partial charge is 0.461 e. The lowest BCUT2D eigenvalue weighted by atomic mass is 9.99. The van der Waals surface area contributed by atoms with Crippen LogP contribution >= 0.6 is 0 Å². The van der Waals surface area contributed by atoms with Gasteiger partial charge in [0.2, 0.25) is 0 Å². The summed E-state index contributed by atoms with van der Waals surface area (Å²) in [5, 5.41) is 7.89. The average Bonchev–Trinajstić information content (AvgIpc) is 2.94. The Bertz CT molecular complexity index is 698. The van der Waals surface area contributed by atoms with Gasteiger partial charge in [-0.2, -0.15) is 10.2 Å². The van der Waals surface area contributed by atoms with Gasteiger partial charge < -0.3 is 4.74 Å². The van der Waals surface area contributed by atoms with Gasteiger partial charge in [-0.25, -0.2) is 9.20 Å². The molecule has 0 bridgehead atoms. The highest BCUT2D eigenvalue weighted by Gasteiger charge is 2.17. The zero-order chi connectivity index (χ0) is 15.4. The zero-order valence-corrected chi connectivity index (χ0v) is 12.5. The van der Waals surface area contributed by atoms with Crippen LogP contribution in [0.5, 0.6) is 0 Å². The van der Waals surface area contributed by atoms with E-state index in [9.17, 15) is 9.59 Å². The zero-order valence-electron chi connectivity index (χ0n) is 12.5. The lowest BCUT2D eigenvalue weighted by molar-refractivity contribution is -0.151. The van der Waals surface area contributed by atoms with Crippen LogP contribution in [0.4, 0.5) is 0 Å². The van der Waals surface area contributed by atoms with E-state index >= 15 is 0 Å². The van der Waals surface area contributed by atoms with Gasteiger partial charge >= 0.3 is 5.97 Å². The molecule has 0 spiro atoms. The number of hydrogen-bond donors (Lipinski definition) is 0. The molecule has 0 aliphatic heterocycles. The van der Waals surface area contributed by atoms with E-state index in [1.807, 2.05) is 0 Å². The van der Waals surface area contributed by atoms with Crippen molar-refractivity contribution in [1.82, 2.24) is 19.4 Å². The molecule has 0 N–H and O–H groups in total. The van der Waals surface area contributed by atoms with Crippen molar-refractivity contribution in [3.63, 3.8) is 0 Å². The molecule has 0 saturated heterocycles. The van der Waals surface area contributed by atoms with E-state index in [1.54, 1.807) is 6.07 Å². The summed E-state index contributed by atoms with van der Waals surface area (Å²) < 4.78 is 8.03. The molecule has 2 aromatic heterocycles. The molecule has 118 valence electrons. The van der Waals surface area contributed by atoms with Crippen LogP contribution in [0.15, 0.2) is 23.4 Å². The fraction of sp³-hybridized carbons (Fsp3) is 0.600. The van der Waals surface area contributed by atoms with Gasteiger partial charge in [0, 0.05) is 0 Å². The minimum atomic E-state index is -0.399. The van der Waals surface area contributed by atoms with Gasteiger partial charge in [0.15, 0.2) is 0 Å². The van der Waals surface area contributed by atoms with E-state index in [0.29, 0.717) is 5.52 Å². The number of aromatic nitrogens is 4. The lowest BCUT2D eigenvalue weighted by Crippen LogP contribution is -2.30. The van der Waals surface area contributed by atoms with Crippen LogP contribution in [0.25, 0.3) is 5.52 Å². The second-order valence-corrected chi connectivity index (χ2v) is 5.71. The Morgan fingerprint density at radius 3 is 2.68 bits per heavy atom. The topological polar surface area (TPSA) is 78.5 Å². The van der Waals surface area contributed by atoms with Crippen molar-refractivity contribution in [2.45, 2.75) is 57.6 Å². The monoisotopic (exact) mass is 304 g/mol. The summed E-state index contributed by atoms with van der Waals surface area (Å²) in [4.78, 5) is 24.2. The van der Waals surface area contributed by atoms with Crippen molar-refractivity contribution < 1.29 is 9.53 Å². The molecule has 1 aliphatic carbocycles. The maximum atomic E-state index is 12.1. The van der Waals surface area contributed by atoms with E-state index in [4.69, 9.17) is 4.74 Å². The van der Waals surface area contributed by atoms with Crippen LogP contribution in [0.3, 0.4) is 0 Å². The Kier molecular flexibility index (Phi) is 4.50. The number of esters is 1. The summed E-state index contributed by atoms with van der Waals surface area (Å²) in [6.45, 7) is -0.156. The molecule has 0 radical (unpaired) electrons. The summed E-state index contributed by atoms with van der Waals surface area (Å²) in [7, 11) is 0. The Balaban J connectivity index is 1.64. The van der Waals surface area contributed by atoms with Crippen LogP contribution in [-0.2, 0) is 16.1 Å². The fourth-order valence-electron chi connectivity index (χ4n) is 2.87. The van der Waals surface area contributed by atoms with Crippen molar-refractivity contribution in [2.24, 2.45) is 0 Å². The predicted molar refractivity (Wildman–Crippen MR) is 79.4 cm³/mol. The number of fused-ring (bicyclic) bond motifs is 1. The van der Waals surface area contributed by atoms with Gasteiger partial charge in [-0.1, -0.05) is 19.3 Å². The van der Waals surface area contributed by atoms with Crippen molar-refractivity contribution >= 4 is 11.5 Å². The maximum absolute atomic E-state index is 12.1.